The van der Waals surface area contributed by atoms with Crippen LogP contribution in [-0.2, 0) is 16.0 Å². The van der Waals surface area contributed by atoms with E-state index in [0.29, 0.717) is 13.1 Å². The molecule has 148 valence electrons. The lowest BCUT2D eigenvalue weighted by molar-refractivity contribution is -0.144. The van der Waals surface area contributed by atoms with Crippen molar-refractivity contribution in [2.45, 2.75) is 25.8 Å². The standard InChI is InChI=1S/C22H25FN2O3/c1-16(11-12-17-7-3-2-4-8-17)24-22(27)18-13-25(14-18)21(26)15-28-20-10-6-5-9-19(20)23/h2-10,16,18H,11-15H2,1H3,(H,24,27)/t16-/m0/s1. The fourth-order valence-electron chi connectivity index (χ4n) is 3.10. The Hall–Kier alpha value is -2.89. The fraction of sp³-hybridized carbons (Fsp3) is 0.364. The number of hydrogen-bond acceptors (Lipinski definition) is 3. The Morgan fingerprint density at radius 3 is 2.54 bits per heavy atom. The van der Waals surface area contributed by atoms with Gasteiger partial charge in [0.2, 0.25) is 5.91 Å². The van der Waals surface area contributed by atoms with Crippen molar-refractivity contribution in [3.05, 3.63) is 66.0 Å². The van der Waals surface area contributed by atoms with E-state index in [1.165, 1.54) is 17.7 Å². The number of carbonyl (C=O) groups excluding carboxylic acids is 2. The van der Waals surface area contributed by atoms with E-state index in [1.807, 2.05) is 25.1 Å². The van der Waals surface area contributed by atoms with Crippen molar-refractivity contribution in [3.63, 3.8) is 0 Å². The Morgan fingerprint density at radius 1 is 1.14 bits per heavy atom. The van der Waals surface area contributed by atoms with Crippen molar-refractivity contribution >= 4 is 11.8 Å². The molecule has 1 N–H and O–H groups in total. The maximum absolute atomic E-state index is 13.5. The van der Waals surface area contributed by atoms with Crippen LogP contribution in [0.1, 0.15) is 18.9 Å². The molecular formula is C22H25FN2O3. The summed E-state index contributed by atoms with van der Waals surface area (Å²) >= 11 is 0. The summed E-state index contributed by atoms with van der Waals surface area (Å²) in [5.74, 6) is -0.917. The second-order valence-corrected chi connectivity index (χ2v) is 7.15. The van der Waals surface area contributed by atoms with Gasteiger partial charge < -0.3 is 15.0 Å². The number of aryl methyl sites for hydroxylation is 1. The summed E-state index contributed by atoms with van der Waals surface area (Å²) in [5.41, 5.74) is 1.25. The van der Waals surface area contributed by atoms with Gasteiger partial charge in [0, 0.05) is 19.1 Å². The summed E-state index contributed by atoms with van der Waals surface area (Å²) in [4.78, 5) is 26.0. The van der Waals surface area contributed by atoms with Gasteiger partial charge in [-0.1, -0.05) is 42.5 Å². The van der Waals surface area contributed by atoms with E-state index in [-0.39, 0.29) is 36.1 Å². The molecule has 0 radical (unpaired) electrons. The Balaban J connectivity index is 1.35. The first-order valence-corrected chi connectivity index (χ1v) is 9.52. The second-order valence-electron chi connectivity index (χ2n) is 7.15. The van der Waals surface area contributed by atoms with E-state index in [9.17, 15) is 14.0 Å². The topological polar surface area (TPSA) is 58.6 Å². The molecule has 1 aliphatic heterocycles. The first-order valence-electron chi connectivity index (χ1n) is 9.52. The quantitative estimate of drug-likeness (QED) is 0.761. The minimum atomic E-state index is -0.499. The molecule has 0 bridgehead atoms. The lowest BCUT2D eigenvalue weighted by atomic mass is 9.98. The summed E-state index contributed by atoms with van der Waals surface area (Å²) in [6.07, 6.45) is 1.77. The van der Waals surface area contributed by atoms with Crippen LogP contribution in [0.4, 0.5) is 4.39 Å². The van der Waals surface area contributed by atoms with Crippen LogP contribution in [0.2, 0.25) is 0 Å². The first kappa shape index (κ1) is 19.9. The maximum atomic E-state index is 13.5. The van der Waals surface area contributed by atoms with Crippen LogP contribution in [0.5, 0.6) is 5.75 Å². The van der Waals surface area contributed by atoms with Gasteiger partial charge in [-0.15, -0.1) is 0 Å². The van der Waals surface area contributed by atoms with Crippen molar-refractivity contribution in [2.75, 3.05) is 19.7 Å². The number of nitrogens with zero attached hydrogens (tertiary/aromatic N) is 1. The summed E-state index contributed by atoms with van der Waals surface area (Å²) < 4.78 is 18.7. The summed E-state index contributed by atoms with van der Waals surface area (Å²) in [5, 5.41) is 3.02. The molecule has 1 saturated heterocycles. The minimum absolute atomic E-state index is 0.0281. The SMILES string of the molecule is C[C@@H](CCc1ccccc1)NC(=O)C1CN(C(=O)COc2ccccc2F)C1. The average Bonchev–Trinajstić information content (AvgIpc) is 2.65. The van der Waals surface area contributed by atoms with E-state index in [2.05, 4.69) is 17.4 Å². The van der Waals surface area contributed by atoms with E-state index in [4.69, 9.17) is 4.74 Å². The number of benzene rings is 2. The zero-order valence-electron chi connectivity index (χ0n) is 15.9. The van der Waals surface area contributed by atoms with Crippen molar-refractivity contribution in [1.29, 1.82) is 0 Å². The molecule has 1 fully saturated rings. The molecule has 28 heavy (non-hydrogen) atoms. The minimum Gasteiger partial charge on any atom is -0.481 e. The number of carbonyl (C=O) groups is 2. The van der Waals surface area contributed by atoms with Gasteiger partial charge in [-0.05, 0) is 37.5 Å². The number of nitrogens with one attached hydrogen (secondary N) is 1. The molecule has 1 heterocycles. The van der Waals surface area contributed by atoms with Gasteiger partial charge in [-0.25, -0.2) is 4.39 Å². The van der Waals surface area contributed by atoms with Gasteiger partial charge in [0.25, 0.3) is 5.91 Å². The van der Waals surface area contributed by atoms with Crippen molar-refractivity contribution < 1.29 is 18.7 Å². The molecular weight excluding hydrogens is 359 g/mol. The summed E-state index contributed by atoms with van der Waals surface area (Å²) in [7, 11) is 0. The highest BCUT2D eigenvalue weighted by Crippen LogP contribution is 2.19. The third-order valence-corrected chi connectivity index (χ3v) is 4.89. The molecule has 0 spiro atoms. The third-order valence-electron chi connectivity index (χ3n) is 4.89. The Kier molecular flexibility index (Phi) is 6.63. The first-order chi connectivity index (χ1) is 13.5. The molecule has 0 saturated carbocycles. The highest BCUT2D eigenvalue weighted by molar-refractivity contribution is 5.85. The Morgan fingerprint density at radius 2 is 1.82 bits per heavy atom. The van der Waals surface area contributed by atoms with Crippen LogP contribution in [-0.4, -0.2) is 42.5 Å². The number of ether oxygens (including phenoxy) is 1. The predicted octanol–water partition coefficient (Wildman–Crippen LogP) is 2.80. The largest absolute Gasteiger partial charge is 0.481 e. The molecule has 6 heteroatoms. The molecule has 3 rings (SSSR count). The molecule has 1 aliphatic rings. The van der Waals surface area contributed by atoms with Gasteiger partial charge in [-0.2, -0.15) is 0 Å². The second kappa shape index (κ2) is 9.35. The van der Waals surface area contributed by atoms with Crippen LogP contribution in [0.3, 0.4) is 0 Å². The molecule has 1 atom stereocenters. The predicted molar refractivity (Wildman–Crippen MR) is 104 cm³/mol. The number of hydrogen-bond donors (Lipinski definition) is 1. The number of halogens is 1. The Bertz CT molecular complexity index is 806. The van der Waals surface area contributed by atoms with Crippen molar-refractivity contribution in [1.82, 2.24) is 10.2 Å². The number of likely N-dealkylation sites (tertiary alicyclic amines) is 1. The third kappa shape index (κ3) is 5.31. The van der Waals surface area contributed by atoms with Crippen LogP contribution in [0, 0.1) is 11.7 Å². The monoisotopic (exact) mass is 384 g/mol. The highest BCUT2D eigenvalue weighted by Gasteiger charge is 2.36. The molecule has 2 amide bonds. The van der Waals surface area contributed by atoms with E-state index < -0.39 is 5.82 Å². The highest BCUT2D eigenvalue weighted by atomic mass is 19.1. The van der Waals surface area contributed by atoms with Crippen LogP contribution >= 0.6 is 0 Å². The van der Waals surface area contributed by atoms with Crippen molar-refractivity contribution in [2.24, 2.45) is 5.92 Å². The van der Waals surface area contributed by atoms with Gasteiger partial charge >= 0.3 is 0 Å². The molecule has 0 aliphatic carbocycles. The van der Waals surface area contributed by atoms with E-state index in [1.54, 1.807) is 17.0 Å². The summed E-state index contributed by atoms with van der Waals surface area (Å²) in [6, 6.07) is 16.2. The fourth-order valence-corrected chi connectivity index (χ4v) is 3.10. The lowest BCUT2D eigenvalue weighted by Crippen LogP contribution is -2.57. The number of amides is 2. The van der Waals surface area contributed by atoms with Crippen LogP contribution in [0.25, 0.3) is 0 Å². The Labute approximate surface area is 164 Å². The van der Waals surface area contributed by atoms with Gasteiger partial charge in [0.1, 0.15) is 0 Å². The van der Waals surface area contributed by atoms with Gasteiger partial charge in [-0.3, -0.25) is 9.59 Å². The lowest BCUT2D eigenvalue weighted by Gasteiger charge is -2.38. The molecule has 0 unspecified atom stereocenters. The van der Waals surface area contributed by atoms with Crippen LogP contribution in [0.15, 0.2) is 54.6 Å². The maximum Gasteiger partial charge on any atom is 0.260 e. The average molecular weight is 384 g/mol. The molecule has 5 nitrogen and oxygen atoms in total. The van der Waals surface area contributed by atoms with Gasteiger partial charge in [0.05, 0.1) is 5.92 Å². The van der Waals surface area contributed by atoms with Gasteiger partial charge in [0.15, 0.2) is 18.2 Å². The zero-order valence-corrected chi connectivity index (χ0v) is 15.9. The molecule has 2 aromatic carbocycles. The van der Waals surface area contributed by atoms with Crippen LogP contribution < -0.4 is 10.1 Å². The molecule has 0 aromatic heterocycles. The number of rotatable bonds is 8. The number of para-hydroxylation sites is 1. The van der Waals surface area contributed by atoms with E-state index in [0.717, 1.165) is 12.8 Å². The smallest absolute Gasteiger partial charge is 0.260 e. The molecule has 2 aromatic rings. The normalized spacial score (nSPS) is 14.9. The zero-order chi connectivity index (χ0) is 19.9. The van der Waals surface area contributed by atoms with E-state index >= 15 is 0 Å². The summed E-state index contributed by atoms with van der Waals surface area (Å²) in [6.45, 7) is 2.50. The van der Waals surface area contributed by atoms with Crippen molar-refractivity contribution in [3.8, 4) is 5.75 Å².